The van der Waals surface area contributed by atoms with Gasteiger partial charge in [0.1, 0.15) is 5.69 Å². The Labute approximate surface area is 135 Å². The van der Waals surface area contributed by atoms with Crippen molar-refractivity contribution < 1.29 is 4.92 Å². The number of rotatable bonds is 3. The molecule has 118 valence electrons. The molecule has 0 aliphatic rings. The first-order valence-electron chi connectivity index (χ1n) is 7.25. The first-order chi connectivity index (χ1) is 11.6. The first kappa shape index (κ1) is 14.1. The number of aromatic amines is 1. The lowest BCUT2D eigenvalue weighted by atomic mass is 10.1. The number of nitrogens with one attached hydrogen (secondary N) is 1. The Morgan fingerprint density at radius 3 is 2.79 bits per heavy atom. The number of nitro benzene ring substituents is 1. The summed E-state index contributed by atoms with van der Waals surface area (Å²) in [6.07, 6.45) is 1.70. The zero-order valence-corrected chi connectivity index (χ0v) is 12.7. The van der Waals surface area contributed by atoms with Crippen LogP contribution in [-0.4, -0.2) is 29.9 Å². The molecule has 0 bridgehead atoms. The van der Waals surface area contributed by atoms with E-state index in [1.54, 1.807) is 25.3 Å². The molecular formula is C16H12N6O2. The van der Waals surface area contributed by atoms with Crippen LogP contribution in [0.25, 0.3) is 28.2 Å². The zero-order valence-electron chi connectivity index (χ0n) is 12.7. The van der Waals surface area contributed by atoms with Gasteiger partial charge in [-0.1, -0.05) is 23.4 Å². The first-order valence-corrected chi connectivity index (χ1v) is 7.25. The maximum atomic E-state index is 11.1. The molecule has 8 nitrogen and oxygen atoms in total. The van der Waals surface area contributed by atoms with E-state index in [1.165, 1.54) is 10.7 Å². The summed E-state index contributed by atoms with van der Waals surface area (Å²) in [5, 5.41) is 19.3. The molecule has 0 unspecified atom stereocenters. The number of H-pyrrole nitrogens is 1. The molecule has 0 spiro atoms. The molecule has 8 heteroatoms. The Hall–Kier alpha value is -3.55. The van der Waals surface area contributed by atoms with Crippen molar-refractivity contribution in [3.05, 3.63) is 64.3 Å². The van der Waals surface area contributed by atoms with E-state index < -0.39 is 4.92 Å². The molecule has 0 radical (unpaired) electrons. The van der Waals surface area contributed by atoms with Gasteiger partial charge >= 0.3 is 0 Å². The summed E-state index contributed by atoms with van der Waals surface area (Å²) in [5.41, 5.74) is 3.51. The van der Waals surface area contributed by atoms with Crippen molar-refractivity contribution in [3.63, 3.8) is 0 Å². The number of imidazole rings is 1. The van der Waals surface area contributed by atoms with Crippen molar-refractivity contribution in [2.24, 2.45) is 0 Å². The summed E-state index contributed by atoms with van der Waals surface area (Å²) in [4.78, 5) is 18.3. The third kappa shape index (κ3) is 2.21. The van der Waals surface area contributed by atoms with Crippen LogP contribution in [-0.2, 0) is 0 Å². The fourth-order valence-corrected chi connectivity index (χ4v) is 2.62. The molecule has 0 saturated heterocycles. The van der Waals surface area contributed by atoms with E-state index in [1.807, 2.05) is 24.3 Å². The SMILES string of the molecule is Cc1c(-n2cc(-c3nc4ccccc4[nH]3)nn2)cccc1[N+](=O)[O-]. The molecular weight excluding hydrogens is 308 g/mol. The van der Waals surface area contributed by atoms with Gasteiger partial charge in [-0.25, -0.2) is 9.67 Å². The molecule has 2 heterocycles. The third-order valence-electron chi connectivity index (χ3n) is 3.85. The lowest BCUT2D eigenvalue weighted by Gasteiger charge is -2.04. The van der Waals surface area contributed by atoms with Gasteiger partial charge in [-0.2, -0.15) is 0 Å². The van der Waals surface area contributed by atoms with Crippen molar-refractivity contribution >= 4 is 16.7 Å². The molecule has 0 atom stereocenters. The van der Waals surface area contributed by atoms with Crippen molar-refractivity contribution in [1.29, 1.82) is 0 Å². The number of benzene rings is 2. The normalized spacial score (nSPS) is 11.0. The standard InChI is InChI=1S/C16H12N6O2/c1-10-14(7-4-8-15(10)22(23)24)21-9-13(19-20-21)16-17-11-5-2-3-6-12(11)18-16/h2-9H,1H3,(H,17,18). The molecule has 2 aromatic carbocycles. The molecule has 4 aromatic rings. The van der Waals surface area contributed by atoms with E-state index >= 15 is 0 Å². The minimum absolute atomic E-state index is 0.0493. The number of fused-ring (bicyclic) bond motifs is 1. The largest absolute Gasteiger partial charge is 0.337 e. The Morgan fingerprint density at radius 2 is 2.00 bits per heavy atom. The molecule has 0 saturated carbocycles. The topological polar surface area (TPSA) is 103 Å². The molecule has 2 aromatic heterocycles. The van der Waals surface area contributed by atoms with Gasteiger partial charge < -0.3 is 4.98 Å². The van der Waals surface area contributed by atoms with Crippen molar-refractivity contribution in [3.8, 4) is 17.2 Å². The van der Waals surface area contributed by atoms with Gasteiger partial charge in [-0.15, -0.1) is 5.10 Å². The third-order valence-corrected chi connectivity index (χ3v) is 3.85. The van der Waals surface area contributed by atoms with E-state index in [0.717, 1.165) is 11.0 Å². The molecule has 0 fully saturated rings. The summed E-state index contributed by atoms with van der Waals surface area (Å²) in [5.74, 6) is 0.602. The summed E-state index contributed by atoms with van der Waals surface area (Å²) in [6.45, 7) is 1.69. The fourth-order valence-electron chi connectivity index (χ4n) is 2.62. The van der Waals surface area contributed by atoms with Gasteiger partial charge in [0.2, 0.25) is 0 Å². The highest BCUT2D eigenvalue weighted by molar-refractivity contribution is 5.78. The van der Waals surface area contributed by atoms with E-state index in [2.05, 4.69) is 20.3 Å². The predicted molar refractivity (Wildman–Crippen MR) is 87.8 cm³/mol. The maximum absolute atomic E-state index is 11.1. The summed E-state index contributed by atoms with van der Waals surface area (Å²) in [6, 6.07) is 12.5. The minimum atomic E-state index is -0.407. The van der Waals surface area contributed by atoms with Crippen molar-refractivity contribution in [1.82, 2.24) is 25.0 Å². The van der Waals surface area contributed by atoms with Crippen LogP contribution in [0.1, 0.15) is 5.56 Å². The summed E-state index contributed by atoms with van der Waals surface area (Å²) in [7, 11) is 0. The second-order valence-electron chi connectivity index (χ2n) is 5.33. The average Bonchev–Trinajstić information content (AvgIpc) is 3.21. The molecule has 1 N–H and O–H groups in total. The van der Waals surface area contributed by atoms with Crippen LogP contribution in [0.15, 0.2) is 48.7 Å². The predicted octanol–water partition coefficient (Wildman–Crippen LogP) is 3.03. The second kappa shape index (κ2) is 5.27. The molecule has 4 rings (SSSR count). The van der Waals surface area contributed by atoms with Gasteiger partial charge in [-0.05, 0) is 25.1 Å². The number of aromatic nitrogens is 5. The number of para-hydroxylation sites is 2. The van der Waals surface area contributed by atoms with Crippen molar-refractivity contribution in [2.75, 3.05) is 0 Å². The van der Waals surface area contributed by atoms with Crippen LogP contribution >= 0.6 is 0 Å². The van der Waals surface area contributed by atoms with Gasteiger partial charge in [0.15, 0.2) is 5.82 Å². The van der Waals surface area contributed by atoms with E-state index in [0.29, 0.717) is 22.8 Å². The van der Waals surface area contributed by atoms with Crippen LogP contribution in [0.2, 0.25) is 0 Å². The van der Waals surface area contributed by atoms with Crippen LogP contribution in [0.3, 0.4) is 0 Å². The van der Waals surface area contributed by atoms with Crippen LogP contribution in [0.5, 0.6) is 0 Å². The van der Waals surface area contributed by atoms with Gasteiger partial charge in [0.05, 0.1) is 33.4 Å². The average molecular weight is 320 g/mol. The summed E-state index contributed by atoms with van der Waals surface area (Å²) >= 11 is 0. The Kier molecular flexibility index (Phi) is 3.09. The van der Waals surface area contributed by atoms with Crippen LogP contribution in [0, 0.1) is 17.0 Å². The smallest absolute Gasteiger partial charge is 0.274 e. The zero-order chi connectivity index (χ0) is 16.7. The monoisotopic (exact) mass is 320 g/mol. The number of nitrogens with zero attached hydrogens (tertiary/aromatic N) is 5. The number of hydrogen-bond donors (Lipinski definition) is 1. The Balaban J connectivity index is 1.78. The van der Waals surface area contributed by atoms with E-state index in [-0.39, 0.29) is 5.69 Å². The quantitative estimate of drug-likeness (QED) is 0.461. The molecule has 0 aliphatic carbocycles. The highest BCUT2D eigenvalue weighted by Gasteiger charge is 2.16. The van der Waals surface area contributed by atoms with Gasteiger partial charge in [-0.3, -0.25) is 10.1 Å². The minimum Gasteiger partial charge on any atom is -0.337 e. The number of nitro groups is 1. The molecule has 0 amide bonds. The highest BCUT2D eigenvalue weighted by Crippen LogP contribution is 2.25. The van der Waals surface area contributed by atoms with Crippen LogP contribution in [0.4, 0.5) is 5.69 Å². The summed E-state index contributed by atoms with van der Waals surface area (Å²) < 4.78 is 1.52. The maximum Gasteiger partial charge on any atom is 0.274 e. The van der Waals surface area contributed by atoms with E-state index in [9.17, 15) is 10.1 Å². The van der Waals surface area contributed by atoms with Gasteiger partial charge in [0.25, 0.3) is 5.69 Å². The lowest BCUT2D eigenvalue weighted by Crippen LogP contribution is -2.01. The number of hydrogen-bond acceptors (Lipinski definition) is 5. The van der Waals surface area contributed by atoms with Gasteiger partial charge in [0, 0.05) is 6.07 Å². The highest BCUT2D eigenvalue weighted by atomic mass is 16.6. The Bertz CT molecular complexity index is 1030. The van der Waals surface area contributed by atoms with Crippen molar-refractivity contribution in [2.45, 2.75) is 6.92 Å². The fraction of sp³-hybridized carbons (Fsp3) is 0.0625. The van der Waals surface area contributed by atoms with E-state index in [4.69, 9.17) is 0 Å². The lowest BCUT2D eigenvalue weighted by molar-refractivity contribution is -0.385. The van der Waals surface area contributed by atoms with Crippen LogP contribution < -0.4 is 0 Å². The molecule has 24 heavy (non-hydrogen) atoms. The second-order valence-corrected chi connectivity index (χ2v) is 5.33. The molecule has 0 aliphatic heterocycles. The Morgan fingerprint density at radius 1 is 1.17 bits per heavy atom.